The summed E-state index contributed by atoms with van der Waals surface area (Å²) in [6.07, 6.45) is 0. The van der Waals surface area contributed by atoms with Crippen LogP contribution in [0.15, 0.2) is 30.3 Å². The van der Waals surface area contributed by atoms with Gasteiger partial charge in [-0.2, -0.15) is 5.10 Å². The number of rotatable bonds is 1. The smallest absolute Gasteiger partial charge is 0.146 e. The second-order valence-corrected chi connectivity index (χ2v) is 5.41. The normalized spacial score (nSPS) is 11.8. The predicted molar refractivity (Wildman–Crippen MR) is 71.8 cm³/mol. The number of hydrogen-bond donors (Lipinski definition) is 1. The molecule has 1 heterocycles. The summed E-state index contributed by atoms with van der Waals surface area (Å²) in [5.74, 6) is 0.558. The van der Waals surface area contributed by atoms with Gasteiger partial charge in [0.25, 0.3) is 0 Å². The number of nitrogen functional groups attached to an aromatic ring is 1. The molecule has 3 heteroatoms. The van der Waals surface area contributed by atoms with Crippen molar-refractivity contribution in [2.24, 2.45) is 7.05 Å². The second-order valence-electron chi connectivity index (χ2n) is 5.41. The van der Waals surface area contributed by atoms with Crippen LogP contribution in [0.3, 0.4) is 0 Å². The van der Waals surface area contributed by atoms with Crippen LogP contribution in [-0.4, -0.2) is 9.78 Å². The molecular formula is C14H19N3. The molecule has 0 aliphatic heterocycles. The lowest BCUT2D eigenvalue weighted by atomic mass is 9.86. The van der Waals surface area contributed by atoms with Gasteiger partial charge in [-0.1, -0.05) is 45.0 Å². The quantitative estimate of drug-likeness (QED) is 0.817. The van der Waals surface area contributed by atoms with Crippen molar-refractivity contribution in [3.63, 3.8) is 0 Å². The summed E-state index contributed by atoms with van der Waals surface area (Å²) in [5, 5.41) is 4.15. The van der Waals surface area contributed by atoms with Crippen molar-refractivity contribution in [1.29, 1.82) is 0 Å². The van der Waals surface area contributed by atoms with Gasteiger partial charge in [0, 0.05) is 13.1 Å². The molecule has 17 heavy (non-hydrogen) atoms. The van der Waals surface area contributed by atoms with Crippen LogP contribution in [0.4, 0.5) is 5.82 Å². The van der Waals surface area contributed by atoms with Crippen molar-refractivity contribution in [2.45, 2.75) is 26.2 Å². The van der Waals surface area contributed by atoms with E-state index in [2.05, 4.69) is 50.1 Å². The molecule has 1 aromatic carbocycles. The first-order chi connectivity index (χ1) is 7.88. The number of benzene rings is 1. The molecule has 0 bridgehead atoms. The first-order valence-electron chi connectivity index (χ1n) is 5.78. The van der Waals surface area contributed by atoms with E-state index in [9.17, 15) is 0 Å². The summed E-state index contributed by atoms with van der Waals surface area (Å²) in [6.45, 7) is 6.64. The van der Waals surface area contributed by atoms with Gasteiger partial charge >= 0.3 is 0 Å². The van der Waals surface area contributed by atoms with E-state index in [1.807, 2.05) is 13.1 Å². The summed E-state index contributed by atoms with van der Waals surface area (Å²) in [6, 6.07) is 10.5. The van der Waals surface area contributed by atoms with Crippen LogP contribution in [0.1, 0.15) is 26.3 Å². The summed E-state index contributed by atoms with van der Waals surface area (Å²) in [4.78, 5) is 0. The lowest BCUT2D eigenvalue weighted by Crippen LogP contribution is -2.10. The van der Waals surface area contributed by atoms with Crippen molar-refractivity contribution in [3.05, 3.63) is 35.9 Å². The molecule has 2 aromatic rings. The molecule has 0 aliphatic carbocycles. The van der Waals surface area contributed by atoms with Crippen LogP contribution in [0.2, 0.25) is 0 Å². The zero-order valence-electron chi connectivity index (χ0n) is 10.9. The lowest BCUT2D eigenvalue weighted by molar-refractivity contribution is 0.590. The molecule has 90 valence electrons. The number of anilines is 1. The molecule has 0 saturated carbocycles. The average Bonchev–Trinajstić information content (AvgIpc) is 2.57. The van der Waals surface area contributed by atoms with Gasteiger partial charge in [0.05, 0.1) is 5.69 Å². The SMILES string of the molecule is Cn1nc(N)cc1-c1ccc(C(C)(C)C)cc1. The zero-order valence-corrected chi connectivity index (χ0v) is 10.9. The third-order valence-corrected chi connectivity index (χ3v) is 2.95. The van der Waals surface area contributed by atoms with E-state index in [1.54, 1.807) is 4.68 Å². The van der Waals surface area contributed by atoms with Crippen LogP contribution in [-0.2, 0) is 12.5 Å². The summed E-state index contributed by atoms with van der Waals surface area (Å²) in [5.41, 5.74) is 9.39. The van der Waals surface area contributed by atoms with Crippen LogP contribution < -0.4 is 5.73 Å². The van der Waals surface area contributed by atoms with Gasteiger partial charge in [-0.25, -0.2) is 0 Å². The Morgan fingerprint density at radius 2 is 1.71 bits per heavy atom. The van der Waals surface area contributed by atoms with E-state index < -0.39 is 0 Å². The second kappa shape index (κ2) is 3.91. The highest BCUT2D eigenvalue weighted by Gasteiger charge is 2.13. The highest BCUT2D eigenvalue weighted by molar-refractivity contribution is 5.63. The number of aromatic nitrogens is 2. The molecular weight excluding hydrogens is 210 g/mol. The monoisotopic (exact) mass is 229 g/mol. The number of nitrogens with two attached hydrogens (primary N) is 1. The Morgan fingerprint density at radius 3 is 2.12 bits per heavy atom. The summed E-state index contributed by atoms with van der Waals surface area (Å²) >= 11 is 0. The zero-order chi connectivity index (χ0) is 12.6. The van der Waals surface area contributed by atoms with Crippen molar-refractivity contribution in [3.8, 4) is 11.3 Å². The van der Waals surface area contributed by atoms with Crippen molar-refractivity contribution in [2.75, 3.05) is 5.73 Å². The fourth-order valence-electron chi connectivity index (χ4n) is 1.90. The van der Waals surface area contributed by atoms with Crippen molar-refractivity contribution in [1.82, 2.24) is 9.78 Å². The average molecular weight is 229 g/mol. The standard InChI is InChI=1S/C14H19N3/c1-14(2,3)11-7-5-10(6-8-11)12-9-13(15)16-17(12)4/h5-9H,1-4H3,(H2,15,16). The first kappa shape index (κ1) is 11.7. The van der Waals surface area contributed by atoms with Crippen molar-refractivity contribution >= 4 is 5.82 Å². The van der Waals surface area contributed by atoms with Gasteiger partial charge < -0.3 is 5.73 Å². The Balaban J connectivity index is 2.39. The molecule has 0 aliphatic rings. The highest BCUT2D eigenvalue weighted by atomic mass is 15.3. The van der Waals surface area contributed by atoms with Gasteiger partial charge in [-0.15, -0.1) is 0 Å². The molecule has 0 amide bonds. The van der Waals surface area contributed by atoms with Gasteiger partial charge in [0.1, 0.15) is 5.82 Å². The Bertz CT molecular complexity index is 515. The largest absolute Gasteiger partial charge is 0.382 e. The number of nitrogens with zero attached hydrogens (tertiary/aromatic N) is 2. The van der Waals surface area contributed by atoms with E-state index in [-0.39, 0.29) is 5.41 Å². The maximum absolute atomic E-state index is 5.68. The Labute approximate surface area is 102 Å². The van der Waals surface area contributed by atoms with E-state index in [0.29, 0.717) is 5.82 Å². The van der Waals surface area contributed by atoms with Crippen LogP contribution in [0.5, 0.6) is 0 Å². The third kappa shape index (κ3) is 2.33. The van der Waals surface area contributed by atoms with Gasteiger partial charge in [-0.05, 0) is 16.5 Å². The first-order valence-corrected chi connectivity index (χ1v) is 5.78. The maximum atomic E-state index is 5.68. The molecule has 0 unspecified atom stereocenters. The fourth-order valence-corrected chi connectivity index (χ4v) is 1.90. The van der Waals surface area contributed by atoms with E-state index >= 15 is 0 Å². The molecule has 0 atom stereocenters. The topological polar surface area (TPSA) is 43.8 Å². The number of hydrogen-bond acceptors (Lipinski definition) is 2. The van der Waals surface area contributed by atoms with Crippen LogP contribution in [0, 0.1) is 0 Å². The minimum atomic E-state index is 0.185. The molecule has 0 spiro atoms. The molecule has 2 N–H and O–H groups in total. The predicted octanol–water partition coefficient (Wildman–Crippen LogP) is 2.97. The van der Waals surface area contributed by atoms with Gasteiger partial charge in [0.2, 0.25) is 0 Å². The van der Waals surface area contributed by atoms with Crippen LogP contribution in [0.25, 0.3) is 11.3 Å². The number of aryl methyl sites for hydroxylation is 1. The van der Waals surface area contributed by atoms with Gasteiger partial charge in [-0.3, -0.25) is 4.68 Å². The summed E-state index contributed by atoms with van der Waals surface area (Å²) in [7, 11) is 1.91. The summed E-state index contributed by atoms with van der Waals surface area (Å²) < 4.78 is 1.81. The minimum Gasteiger partial charge on any atom is -0.382 e. The molecule has 2 rings (SSSR count). The van der Waals surface area contributed by atoms with E-state index in [0.717, 1.165) is 11.3 Å². The van der Waals surface area contributed by atoms with Crippen LogP contribution >= 0.6 is 0 Å². The fraction of sp³-hybridized carbons (Fsp3) is 0.357. The molecule has 0 fully saturated rings. The molecule has 3 nitrogen and oxygen atoms in total. The molecule has 0 saturated heterocycles. The minimum absolute atomic E-state index is 0.185. The van der Waals surface area contributed by atoms with E-state index in [1.165, 1.54) is 5.56 Å². The van der Waals surface area contributed by atoms with Gasteiger partial charge in [0.15, 0.2) is 0 Å². The maximum Gasteiger partial charge on any atom is 0.146 e. The Hall–Kier alpha value is -1.77. The van der Waals surface area contributed by atoms with E-state index in [4.69, 9.17) is 5.73 Å². The van der Waals surface area contributed by atoms with Crippen molar-refractivity contribution < 1.29 is 0 Å². The molecule has 1 aromatic heterocycles. The molecule has 0 radical (unpaired) electrons. The third-order valence-electron chi connectivity index (χ3n) is 2.95. The lowest BCUT2D eigenvalue weighted by Gasteiger charge is -2.19. The highest BCUT2D eigenvalue weighted by Crippen LogP contribution is 2.26. The Kier molecular flexibility index (Phi) is 2.69. The Morgan fingerprint density at radius 1 is 1.12 bits per heavy atom.